The Hall–Kier alpha value is -3.09. The summed E-state index contributed by atoms with van der Waals surface area (Å²) in [4.78, 5) is 22.5. The van der Waals surface area contributed by atoms with Crippen LogP contribution in [0.2, 0.25) is 0 Å². The quantitative estimate of drug-likeness (QED) is 0.295. The van der Waals surface area contributed by atoms with Crippen LogP contribution in [0.25, 0.3) is 0 Å². The van der Waals surface area contributed by atoms with Crippen molar-refractivity contribution >= 4 is 17.3 Å². The maximum atomic E-state index is 12.3. The number of nitrogens with zero attached hydrogens (tertiary/aromatic N) is 1. The van der Waals surface area contributed by atoms with Gasteiger partial charge in [-0.1, -0.05) is 32.6 Å². The van der Waals surface area contributed by atoms with Crippen molar-refractivity contribution in [1.82, 2.24) is 0 Å². The molecule has 1 unspecified atom stereocenters. The second kappa shape index (κ2) is 11.7. The minimum Gasteiger partial charge on any atom is -0.494 e. The molecule has 7 heteroatoms. The van der Waals surface area contributed by atoms with E-state index in [1.807, 2.05) is 12.1 Å². The lowest BCUT2D eigenvalue weighted by atomic mass is 10.2. The molecule has 1 atom stereocenters. The Bertz CT molecular complexity index is 775. The molecule has 0 aliphatic heterocycles. The fourth-order valence-corrected chi connectivity index (χ4v) is 2.68. The minimum atomic E-state index is -0.754. The molecule has 0 bridgehead atoms. The average Bonchev–Trinajstić information content (AvgIpc) is 2.72. The Labute approximate surface area is 171 Å². The maximum absolute atomic E-state index is 12.3. The van der Waals surface area contributed by atoms with Crippen molar-refractivity contribution in [2.45, 2.75) is 52.1 Å². The van der Waals surface area contributed by atoms with E-state index in [0.717, 1.165) is 12.2 Å². The smallest absolute Gasteiger partial charge is 0.269 e. The lowest BCUT2D eigenvalue weighted by Gasteiger charge is -2.15. The van der Waals surface area contributed by atoms with E-state index in [9.17, 15) is 14.9 Å². The third-order valence-electron chi connectivity index (χ3n) is 4.37. The molecule has 0 saturated heterocycles. The largest absolute Gasteiger partial charge is 0.494 e. The molecule has 0 fully saturated rings. The molecule has 2 rings (SSSR count). The molecule has 0 radical (unpaired) electrons. The average molecular weight is 400 g/mol. The van der Waals surface area contributed by atoms with Crippen molar-refractivity contribution in [3.63, 3.8) is 0 Å². The lowest BCUT2D eigenvalue weighted by molar-refractivity contribution is -0.384. The first-order valence-electron chi connectivity index (χ1n) is 9.94. The van der Waals surface area contributed by atoms with Gasteiger partial charge in [-0.2, -0.15) is 0 Å². The van der Waals surface area contributed by atoms with Crippen LogP contribution in [-0.4, -0.2) is 23.5 Å². The van der Waals surface area contributed by atoms with Gasteiger partial charge in [0.15, 0.2) is 6.10 Å². The van der Waals surface area contributed by atoms with Gasteiger partial charge in [-0.25, -0.2) is 0 Å². The number of unbranched alkanes of at least 4 members (excludes halogenated alkanes) is 4. The van der Waals surface area contributed by atoms with E-state index in [2.05, 4.69) is 12.2 Å². The summed E-state index contributed by atoms with van der Waals surface area (Å²) in [5, 5.41) is 13.5. The third-order valence-corrected chi connectivity index (χ3v) is 4.37. The fourth-order valence-electron chi connectivity index (χ4n) is 2.68. The van der Waals surface area contributed by atoms with Crippen LogP contribution in [0.5, 0.6) is 11.5 Å². The number of nitro benzene ring substituents is 1. The Morgan fingerprint density at radius 1 is 1.00 bits per heavy atom. The maximum Gasteiger partial charge on any atom is 0.269 e. The second-order valence-corrected chi connectivity index (χ2v) is 6.79. The van der Waals surface area contributed by atoms with Crippen molar-refractivity contribution in [2.24, 2.45) is 0 Å². The molecule has 2 aromatic rings. The Morgan fingerprint density at radius 2 is 1.62 bits per heavy atom. The van der Waals surface area contributed by atoms with Crippen molar-refractivity contribution in [2.75, 3.05) is 11.9 Å². The Kier molecular flexibility index (Phi) is 8.95. The molecule has 0 saturated carbocycles. The summed E-state index contributed by atoms with van der Waals surface area (Å²) in [5.74, 6) is 0.850. The number of carbonyl (C=O) groups excluding carboxylic acids is 1. The van der Waals surface area contributed by atoms with Gasteiger partial charge < -0.3 is 14.8 Å². The van der Waals surface area contributed by atoms with E-state index in [0.29, 0.717) is 18.0 Å². The van der Waals surface area contributed by atoms with Gasteiger partial charge in [-0.15, -0.1) is 0 Å². The van der Waals surface area contributed by atoms with Crippen molar-refractivity contribution in [3.05, 3.63) is 58.6 Å². The predicted molar refractivity (Wildman–Crippen MR) is 113 cm³/mol. The summed E-state index contributed by atoms with van der Waals surface area (Å²) in [6.45, 7) is 4.50. The van der Waals surface area contributed by atoms with Gasteiger partial charge in [0.05, 0.1) is 11.5 Å². The van der Waals surface area contributed by atoms with E-state index in [-0.39, 0.29) is 11.6 Å². The first-order valence-corrected chi connectivity index (χ1v) is 9.94. The zero-order valence-corrected chi connectivity index (χ0v) is 16.9. The summed E-state index contributed by atoms with van der Waals surface area (Å²) in [5.41, 5.74) is 0.613. The Morgan fingerprint density at radius 3 is 2.24 bits per heavy atom. The standard InChI is InChI=1S/C22H28N2O5/c1-3-4-5-6-7-16-28-20-12-8-18(9-13-20)23-22(25)17(2)29-21-14-10-19(11-15-21)24(26)27/h8-15,17H,3-7,16H2,1-2H3,(H,23,25). The summed E-state index contributed by atoms with van der Waals surface area (Å²) in [7, 11) is 0. The third kappa shape index (κ3) is 7.81. The number of ether oxygens (including phenoxy) is 2. The highest BCUT2D eigenvalue weighted by Gasteiger charge is 2.15. The second-order valence-electron chi connectivity index (χ2n) is 6.79. The van der Waals surface area contributed by atoms with E-state index in [4.69, 9.17) is 9.47 Å². The van der Waals surface area contributed by atoms with E-state index in [1.165, 1.54) is 49.9 Å². The molecule has 7 nitrogen and oxygen atoms in total. The molecule has 0 heterocycles. The molecule has 0 aliphatic carbocycles. The molecule has 0 aliphatic rings. The van der Waals surface area contributed by atoms with Crippen LogP contribution in [0.4, 0.5) is 11.4 Å². The lowest BCUT2D eigenvalue weighted by Crippen LogP contribution is -2.30. The molecular weight excluding hydrogens is 372 g/mol. The van der Waals surface area contributed by atoms with Gasteiger partial charge in [0.1, 0.15) is 11.5 Å². The van der Waals surface area contributed by atoms with Gasteiger partial charge in [-0.3, -0.25) is 14.9 Å². The van der Waals surface area contributed by atoms with Crippen LogP contribution in [0.3, 0.4) is 0 Å². The number of non-ortho nitro benzene ring substituents is 1. The first kappa shape index (κ1) is 22.2. The summed E-state index contributed by atoms with van der Waals surface area (Å²) >= 11 is 0. The highest BCUT2D eigenvalue weighted by Crippen LogP contribution is 2.20. The minimum absolute atomic E-state index is 0.0299. The molecular formula is C22H28N2O5. The van der Waals surface area contributed by atoms with E-state index < -0.39 is 11.0 Å². The number of amides is 1. The number of anilines is 1. The highest BCUT2D eigenvalue weighted by molar-refractivity contribution is 5.94. The summed E-state index contributed by atoms with van der Waals surface area (Å²) in [6, 6.07) is 12.8. The number of hydrogen-bond donors (Lipinski definition) is 1. The topological polar surface area (TPSA) is 90.7 Å². The molecule has 156 valence electrons. The van der Waals surface area contributed by atoms with Gasteiger partial charge in [0.25, 0.3) is 11.6 Å². The van der Waals surface area contributed by atoms with Crippen LogP contribution in [0, 0.1) is 10.1 Å². The monoisotopic (exact) mass is 400 g/mol. The SMILES string of the molecule is CCCCCCCOc1ccc(NC(=O)C(C)Oc2ccc([N+](=O)[O-])cc2)cc1. The molecule has 1 amide bonds. The highest BCUT2D eigenvalue weighted by atomic mass is 16.6. The molecule has 2 aromatic carbocycles. The van der Waals surface area contributed by atoms with Gasteiger partial charge in [0, 0.05) is 17.8 Å². The van der Waals surface area contributed by atoms with Crippen molar-refractivity contribution in [1.29, 1.82) is 0 Å². The number of carbonyl (C=O) groups is 1. The van der Waals surface area contributed by atoms with Crippen LogP contribution in [0.15, 0.2) is 48.5 Å². The Balaban J connectivity index is 1.76. The predicted octanol–water partition coefficient (Wildman–Crippen LogP) is 5.35. The molecule has 29 heavy (non-hydrogen) atoms. The molecule has 1 N–H and O–H groups in total. The van der Waals surface area contributed by atoms with Gasteiger partial charge in [-0.05, 0) is 49.7 Å². The number of nitro groups is 1. The fraction of sp³-hybridized carbons (Fsp3) is 0.409. The number of rotatable bonds is 12. The first-order chi connectivity index (χ1) is 14.0. The van der Waals surface area contributed by atoms with Crippen LogP contribution in [0.1, 0.15) is 46.0 Å². The summed E-state index contributed by atoms with van der Waals surface area (Å²) in [6.07, 6.45) is 5.19. The van der Waals surface area contributed by atoms with Gasteiger partial charge >= 0.3 is 0 Å². The van der Waals surface area contributed by atoms with Gasteiger partial charge in [0.2, 0.25) is 0 Å². The van der Waals surface area contributed by atoms with E-state index in [1.54, 1.807) is 19.1 Å². The molecule has 0 spiro atoms. The van der Waals surface area contributed by atoms with Crippen LogP contribution >= 0.6 is 0 Å². The number of nitrogens with one attached hydrogen (secondary N) is 1. The van der Waals surface area contributed by atoms with Crippen LogP contribution in [-0.2, 0) is 4.79 Å². The van der Waals surface area contributed by atoms with Crippen molar-refractivity contribution < 1.29 is 19.2 Å². The number of benzene rings is 2. The number of hydrogen-bond acceptors (Lipinski definition) is 5. The van der Waals surface area contributed by atoms with Crippen molar-refractivity contribution in [3.8, 4) is 11.5 Å². The normalized spacial score (nSPS) is 11.5. The van der Waals surface area contributed by atoms with E-state index >= 15 is 0 Å². The summed E-state index contributed by atoms with van der Waals surface area (Å²) < 4.78 is 11.3. The molecule has 0 aromatic heterocycles. The van der Waals surface area contributed by atoms with Crippen LogP contribution < -0.4 is 14.8 Å². The zero-order valence-electron chi connectivity index (χ0n) is 16.9. The zero-order chi connectivity index (χ0) is 21.1.